The third kappa shape index (κ3) is 5.30. The molecule has 190 valence electrons. The second-order valence-corrected chi connectivity index (χ2v) is 9.67. The molecule has 1 heterocycles. The number of rotatable bonds is 7. The van der Waals surface area contributed by atoms with Crippen LogP contribution in [0.25, 0.3) is 10.9 Å². The van der Waals surface area contributed by atoms with Gasteiger partial charge in [0.15, 0.2) is 5.88 Å². The summed E-state index contributed by atoms with van der Waals surface area (Å²) in [6, 6.07) is 23.2. The van der Waals surface area contributed by atoms with E-state index in [1.165, 1.54) is 32.1 Å². The standard InChI is InChI=1S/C31H33N3O3/c1-2-37-31(36)23-15-18-25-26(19-23)34-30(35)27(25)29(22-11-7-4-8-12-22)33-24-16-13-21(14-17-24)28(32)20-9-5-3-6-10-20/h4,7-8,11-20,28,34-35H,2-3,5-6,9-10,32H2,1H3. The molecule has 4 N–H and O–H groups in total. The smallest absolute Gasteiger partial charge is 0.338 e. The molecule has 1 atom stereocenters. The summed E-state index contributed by atoms with van der Waals surface area (Å²) in [6.07, 6.45) is 6.21. The molecular formula is C31H33N3O3. The van der Waals surface area contributed by atoms with Crippen LogP contribution in [0, 0.1) is 5.92 Å². The second kappa shape index (κ2) is 11.0. The molecule has 1 saturated carbocycles. The lowest BCUT2D eigenvalue weighted by atomic mass is 9.81. The second-order valence-electron chi connectivity index (χ2n) is 9.67. The minimum absolute atomic E-state index is 0.00504. The molecule has 1 unspecified atom stereocenters. The Labute approximate surface area is 217 Å². The number of nitrogens with one attached hydrogen (secondary N) is 1. The van der Waals surface area contributed by atoms with Gasteiger partial charge in [0, 0.05) is 22.5 Å². The number of carbonyl (C=O) groups is 1. The van der Waals surface area contributed by atoms with Gasteiger partial charge in [0.1, 0.15) is 0 Å². The molecule has 1 aromatic heterocycles. The minimum atomic E-state index is -0.400. The number of hydrogen-bond donors (Lipinski definition) is 3. The van der Waals surface area contributed by atoms with E-state index in [0.717, 1.165) is 22.2 Å². The fraction of sp³-hybridized carbons (Fsp3) is 0.290. The van der Waals surface area contributed by atoms with Crippen molar-refractivity contribution in [1.82, 2.24) is 4.98 Å². The molecule has 0 spiro atoms. The van der Waals surface area contributed by atoms with Crippen molar-refractivity contribution in [2.45, 2.75) is 45.1 Å². The van der Waals surface area contributed by atoms with Gasteiger partial charge in [0.2, 0.25) is 0 Å². The number of aromatic amines is 1. The van der Waals surface area contributed by atoms with E-state index in [9.17, 15) is 9.90 Å². The normalized spacial score (nSPS) is 15.6. The van der Waals surface area contributed by atoms with Gasteiger partial charge >= 0.3 is 5.97 Å². The maximum absolute atomic E-state index is 12.2. The number of carbonyl (C=O) groups excluding carboxylic acids is 1. The molecule has 0 radical (unpaired) electrons. The number of benzene rings is 3. The molecule has 6 heteroatoms. The number of ether oxygens (including phenoxy) is 1. The maximum Gasteiger partial charge on any atom is 0.338 e. The lowest BCUT2D eigenvalue weighted by molar-refractivity contribution is 0.0526. The van der Waals surface area contributed by atoms with Crippen LogP contribution in [0.2, 0.25) is 0 Å². The molecule has 4 aromatic rings. The Hall–Kier alpha value is -3.90. The van der Waals surface area contributed by atoms with Crippen LogP contribution in [0.4, 0.5) is 5.69 Å². The zero-order valence-corrected chi connectivity index (χ0v) is 21.1. The molecular weight excluding hydrogens is 462 g/mol. The lowest BCUT2D eigenvalue weighted by Gasteiger charge is -2.27. The summed E-state index contributed by atoms with van der Waals surface area (Å²) in [7, 11) is 0. The summed E-state index contributed by atoms with van der Waals surface area (Å²) < 4.78 is 5.13. The summed E-state index contributed by atoms with van der Waals surface area (Å²) in [5.74, 6) is 0.128. The number of aliphatic imine (C=N–C) groups is 1. The monoisotopic (exact) mass is 495 g/mol. The molecule has 0 bridgehead atoms. The van der Waals surface area contributed by atoms with Crippen LogP contribution in [0.5, 0.6) is 5.88 Å². The van der Waals surface area contributed by atoms with E-state index in [2.05, 4.69) is 17.1 Å². The van der Waals surface area contributed by atoms with Gasteiger partial charge in [-0.05, 0) is 55.5 Å². The van der Waals surface area contributed by atoms with Crippen molar-refractivity contribution in [3.05, 3.63) is 95.1 Å². The lowest BCUT2D eigenvalue weighted by Crippen LogP contribution is -2.23. The van der Waals surface area contributed by atoms with Crippen LogP contribution in [-0.4, -0.2) is 28.4 Å². The minimum Gasteiger partial charge on any atom is -0.494 e. The van der Waals surface area contributed by atoms with E-state index in [1.807, 2.05) is 48.5 Å². The fourth-order valence-corrected chi connectivity index (χ4v) is 5.29. The van der Waals surface area contributed by atoms with Gasteiger partial charge < -0.3 is 20.6 Å². The summed E-state index contributed by atoms with van der Waals surface area (Å²) in [6.45, 7) is 2.07. The van der Waals surface area contributed by atoms with Gasteiger partial charge in [-0.3, -0.25) is 0 Å². The fourth-order valence-electron chi connectivity index (χ4n) is 5.29. The summed E-state index contributed by atoms with van der Waals surface area (Å²) >= 11 is 0. The Morgan fingerprint density at radius 2 is 1.76 bits per heavy atom. The number of hydrogen-bond acceptors (Lipinski definition) is 5. The number of aromatic hydroxyl groups is 1. The van der Waals surface area contributed by atoms with Crippen LogP contribution in [0.3, 0.4) is 0 Å². The van der Waals surface area contributed by atoms with Gasteiger partial charge in [0.05, 0.1) is 29.1 Å². The first-order valence-corrected chi connectivity index (χ1v) is 13.1. The number of nitrogens with zero attached hydrogens (tertiary/aromatic N) is 1. The van der Waals surface area contributed by atoms with E-state index in [0.29, 0.717) is 34.9 Å². The molecule has 1 fully saturated rings. The molecule has 1 aliphatic rings. The van der Waals surface area contributed by atoms with Gasteiger partial charge in [-0.25, -0.2) is 9.79 Å². The Morgan fingerprint density at radius 3 is 2.46 bits per heavy atom. The largest absolute Gasteiger partial charge is 0.494 e. The molecule has 6 nitrogen and oxygen atoms in total. The van der Waals surface area contributed by atoms with E-state index < -0.39 is 5.97 Å². The first-order valence-electron chi connectivity index (χ1n) is 13.1. The summed E-state index contributed by atoms with van der Waals surface area (Å²) in [4.78, 5) is 20.2. The molecule has 0 amide bonds. The Morgan fingerprint density at radius 1 is 1.03 bits per heavy atom. The molecule has 37 heavy (non-hydrogen) atoms. The van der Waals surface area contributed by atoms with Gasteiger partial charge in [0.25, 0.3) is 0 Å². The van der Waals surface area contributed by atoms with Crippen LogP contribution < -0.4 is 5.73 Å². The van der Waals surface area contributed by atoms with Crippen molar-refractivity contribution in [3.8, 4) is 5.88 Å². The molecule has 0 aliphatic heterocycles. The van der Waals surface area contributed by atoms with Gasteiger partial charge in [-0.1, -0.05) is 67.8 Å². The summed E-state index contributed by atoms with van der Waals surface area (Å²) in [5.41, 5.74) is 11.7. The SMILES string of the molecule is CCOC(=O)c1ccc2c(C(=Nc3ccc(C(N)C4CCCCC4)cc3)c3ccccc3)c(O)[nH]c2c1. The highest BCUT2D eigenvalue weighted by molar-refractivity contribution is 6.22. The van der Waals surface area contributed by atoms with Crippen molar-refractivity contribution in [2.24, 2.45) is 16.6 Å². The molecule has 0 saturated heterocycles. The van der Waals surface area contributed by atoms with Crippen molar-refractivity contribution < 1.29 is 14.6 Å². The third-order valence-electron chi connectivity index (χ3n) is 7.25. The Balaban J connectivity index is 1.53. The van der Waals surface area contributed by atoms with E-state index in [1.54, 1.807) is 19.1 Å². The molecule has 1 aliphatic carbocycles. The predicted molar refractivity (Wildman–Crippen MR) is 148 cm³/mol. The van der Waals surface area contributed by atoms with Crippen LogP contribution >= 0.6 is 0 Å². The third-order valence-corrected chi connectivity index (χ3v) is 7.25. The maximum atomic E-state index is 12.2. The number of nitrogens with two attached hydrogens (primary N) is 1. The number of fused-ring (bicyclic) bond motifs is 1. The van der Waals surface area contributed by atoms with Crippen molar-refractivity contribution in [3.63, 3.8) is 0 Å². The zero-order valence-electron chi connectivity index (χ0n) is 21.1. The average molecular weight is 496 g/mol. The van der Waals surface area contributed by atoms with Crippen molar-refractivity contribution in [1.29, 1.82) is 0 Å². The van der Waals surface area contributed by atoms with E-state index in [4.69, 9.17) is 15.5 Å². The Kier molecular flexibility index (Phi) is 7.37. The average Bonchev–Trinajstić information content (AvgIpc) is 3.27. The van der Waals surface area contributed by atoms with Gasteiger partial charge in [-0.15, -0.1) is 0 Å². The predicted octanol–water partition coefficient (Wildman–Crippen LogP) is 6.80. The van der Waals surface area contributed by atoms with Crippen LogP contribution in [-0.2, 0) is 4.74 Å². The molecule has 5 rings (SSSR count). The first-order chi connectivity index (χ1) is 18.0. The highest BCUT2D eigenvalue weighted by atomic mass is 16.5. The molecule has 3 aromatic carbocycles. The highest BCUT2D eigenvalue weighted by Gasteiger charge is 2.22. The van der Waals surface area contributed by atoms with E-state index in [-0.39, 0.29) is 11.9 Å². The highest BCUT2D eigenvalue weighted by Crippen LogP contribution is 2.35. The number of aromatic nitrogens is 1. The van der Waals surface area contributed by atoms with Crippen molar-refractivity contribution in [2.75, 3.05) is 6.61 Å². The van der Waals surface area contributed by atoms with Crippen LogP contribution in [0.1, 0.15) is 72.1 Å². The van der Waals surface area contributed by atoms with E-state index >= 15 is 0 Å². The van der Waals surface area contributed by atoms with Crippen LogP contribution in [0.15, 0.2) is 77.8 Å². The first kappa shape index (κ1) is 24.8. The summed E-state index contributed by atoms with van der Waals surface area (Å²) in [5, 5.41) is 11.7. The Bertz CT molecular complexity index is 1400. The topological polar surface area (TPSA) is 101 Å². The number of H-pyrrole nitrogens is 1. The quantitative estimate of drug-likeness (QED) is 0.194. The van der Waals surface area contributed by atoms with Crippen molar-refractivity contribution >= 4 is 28.3 Å². The zero-order chi connectivity index (χ0) is 25.8. The number of esters is 1. The van der Waals surface area contributed by atoms with Gasteiger partial charge in [-0.2, -0.15) is 0 Å².